The quantitative estimate of drug-likeness (QED) is 0.467. The standard InChI is InChI=1S/C4HF6O/c5-2(4(8,9)10)3(6,7)1-11/h1H. The molecule has 0 bridgehead atoms. The van der Waals surface area contributed by atoms with E-state index in [9.17, 15) is 31.1 Å². The SMILES string of the molecule is O=CC(F)(F)[C](F)C(F)(F)F. The van der Waals surface area contributed by atoms with Crippen molar-refractivity contribution in [2.45, 2.75) is 12.1 Å². The summed E-state index contributed by atoms with van der Waals surface area (Å²) in [6.07, 6.45) is -10.8. The second-order valence-corrected chi connectivity index (χ2v) is 1.55. The molecule has 0 spiro atoms. The lowest BCUT2D eigenvalue weighted by Gasteiger charge is -2.15. The predicted octanol–water partition coefficient (Wildman–Crippen LogP) is 1.88. The Morgan fingerprint density at radius 1 is 1.09 bits per heavy atom. The van der Waals surface area contributed by atoms with Crippen molar-refractivity contribution in [2.75, 3.05) is 0 Å². The second kappa shape index (κ2) is 2.71. The molecule has 7 heteroatoms. The van der Waals surface area contributed by atoms with E-state index >= 15 is 0 Å². The van der Waals surface area contributed by atoms with Crippen LogP contribution in [0.25, 0.3) is 0 Å². The molecule has 0 aromatic heterocycles. The van der Waals surface area contributed by atoms with Crippen LogP contribution in [0, 0.1) is 6.17 Å². The molecule has 0 aliphatic carbocycles. The predicted molar refractivity (Wildman–Crippen MR) is 21.4 cm³/mol. The van der Waals surface area contributed by atoms with Gasteiger partial charge in [-0.25, -0.2) is 4.39 Å². The topological polar surface area (TPSA) is 17.1 Å². The van der Waals surface area contributed by atoms with Gasteiger partial charge in [0.25, 0.3) is 0 Å². The van der Waals surface area contributed by atoms with E-state index in [0.29, 0.717) is 0 Å². The Morgan fingerprint density at radius 2 is 1.45 bits per heavy atom. The third-order valence-corrected chi connectivity index (χ3v) is 0.690. The average Bonchev–Trinajstić information content (AvgIpc) is 1.84. The fourth-order valence-electron chi connectivity index (χ4n) is 0.241. The highest BCUT2D eigenvalue weighted by Gasteiger charge is 2.58. The van der Waals surface area contributed by atoms with Gasteiger partial charge in [-0.3, -0.25) is 4.79 Å². The van der Waals surface area contributed by atoms with Crippen molar-refractivity contribution in [2.24, 2.45) is 0 Å². The zero-order valence-corrected chi connectivity index (χ0v) is 4.75. The van der Waals surface area contributed by atoms with E-state index in [4.69, 9.17) is 0 Å². The molecule has 1 nitrogen and oxygen atoms in total. The van der Waals surface area contributed by atoms with Gasteiger partial charge in [-0.05, 0) is 0 Å². The van der Waals surface area contributed by atoms with Crippen molar-refractivity contribution in [3.63, 3.8) is 0 Å². The first-order valence-corrected chi connectivity index (χ1v) is 2.16. The van der Waals surface area contributed by atoms with E-state index in [-0.39, 0.29) is 0 Å². The van der Waals surface area contributed by atoms with Crippen LogP contribution in [0.1, 0.15) is 0 Å². The highest BCUT2D eigenvalue weighted by molar-refractivity contribution is 5.63. The third-order valence-electron chi connectivity index (χ3n) is 0.690. The molecular weight excluding hydrogens is 178 g/mol. The number of rotatable bonds is 2. The average molecular weight is 179 g/mol. The van der Waals surface area contributed by atoms with Crippen molar-refractivity contribution in [3.8, 4) is 0 Å². The van der Waals surface area contributed by atoms with Crippen LogP contribution in [-0.4, -0.2) is 18.4 Å². The van der Waals surface area contributed by atoms with Crippen LogP contribution in [-0.2, 0) is 4.79 Å². The van der Waals surface area contributed by atoms with Crippen LogP contribution in [0.5, 0.6) is 0 Å². The van der Waals surface area contributed by atoms with E-state index in [2.05, 4.69) is 0 Å². The Morgan fingerprint density at radius 3 is 1.55 bits per heavy atom. The van der Waals surface area contributed by atoms with Crippen LogP contribution in [0.3, 0.4) is 0 Å². The number of halogens is 6. The highest BCUT2D eigenvalue weighted by Crippen LogP contribution is 2.39. The number of carbonyl (C=O) groups is 1. The number of alkyl halides is 5. The van der Waals surface area contributed by atoms with Gasteiger partial charge in [-0.1, -0.05) is 0 Å². The molecule has 0 unspecified atom stereocenters. The molecule has 0 aliphatic heterocycles. The summed E-state index contributed by atoms with van der Waals surface area (Å²) in [6.45, 7) is 0. The fourth-order valence-corrected chi connectivity index (χ4v) is 0.241. The molecule has 0 atom stereocenters. The Balaban J connectivity index is 4.48. The Hall–Kier alpha value is -0.750. The largest absolute Gasteiger partial charge is 0.432 e. The smallest absolute Gasteiger partial charge is 0.297 e. The van der Waals surface area contributed by atoms with E-state index in [0.717, 1.165) is 0 Å². The van der Waals surface area contributed by atoms with Crippen molar-refractivity contribution < 1.29 is 31.1 Å². The molecule has 0 heterocycles. The summed E-state index contributed by atoms with van der Waals surface area (Å²) in [6, 6.07) is 0. The van der Waals surface area contributed by atoms with Crippen LogP contribution < -0.4 is 0 Å². The Bertz CT molecular complexity index is 149. The molecule has 0 aliphatic rings. The summed E-state index contributed by atoms with van der Waals surface area (Å²) in [5, 5.41) is 0. The first-order valence-electron chi connectivity index (χ1n) is 2.16. The minimum atomic E-state index is -5.79. The van der Waals surface area contributed by atoms with Crippen molar-refractivity contribution in [1.29, 1.82) is 0 Å². The maximum Gasteiger partial charge on any atom is 0.432 e. The first kappa shape index (κ1) is 10.2. The number of aldehydes is 1. The molecule has 0 N–H and O–H groups in total. The second-order valence-electron chi connectivity index (χ2n) is 1.55. The number of carbonyl (C=O) groups excluding carboxylic acids is 1. The molecule has 0 aromatic rings. The molecule has 1 radical (unpaired) electrons. The van der Waals surface area contributed by atoms with Gasteiger partial charge in [0.05, 0.1) is 0 Å². The molecule has 0 saturated carbocycles. The van der Waals surface area contributed by atoms with Crippen LogP contribution in [0.2, 0.25) is 0 Å². The van der Waals surface area contributed by atoms with E-state index < -0.39 is 24.6 Å². The first-order chi connectivity index (χ1) is 4.72. The molecule has 0 saturated heterocycles. The highest BCUT2D eigenvalue weighted by atomic mass is 19.4. The van der Waals surface area contributed by atoms with Gasteiger partial charge >= 0.3 is 18.3 Å². The minimum Gasteiger partial charge on any atom is -0.297 e. The number of hydrogen-bond donors (Lipinski definition) is 0. The molecule has 0 amide bonds. The third kappa shape index (κ3) is 2.39. The van der Waals surface area contributed by atoms with Crippen molar-refractivity contribution >= 4 is 6.29 Å². The van der Waals surface area contributed by atoms with Gasteiger partial charge in [0.2, 0.25) is 0 Å². The summed E-state index contributed by atoms with van der Waals surface area (Å²) < 4.78 is 67.8. The van der Waals surface area contributed by atoms with Crippen molar-refractivity contribution in [1.82, 2.24) is 0 Å². The van der Waals surface area contributed by atoms with Crippen molar-refractivity contribution in [3.05, 3.63) is 6.17 Å². The molecule has 0 fully saturated rings. The Labute approximate surface area is 57.0 Å². The molecule has 65 valence electrons. The molecular formula is C4HF6O. The van der Waals surface area contributed by atoms with Crippen LogP contribution in [0.15, 0.2) is 0 Å². The zero-order chi connectivity index (χ0) is 9.28. The lowest BCUT2D eigenvalue weighted by atomic mass is 10.2. The summed E-state index contributed by atoms with van der Waals surface area (Å²) in [7, 11) is 0. The van der Waals surface area contributed by atoms with Gasteiger partial charge < -0.3 is 0 Å². The normalized spacial score (nSPS) is 13.7. The van der Waals surface area contributed by atoms with Crippen LogP contribution >= 0.6 is 0 Å². The summed E-state index contributed by atoms with van der Waals surface area (Å²) in [4.78, 5) is 9.20. The molecule has 0 aromatic carbocycles. The molecule has 11 heavy (non-hydrogen) atoms. The monoisotopic (exact) mass is 179 g/mol. The Kier molecular flexibility index (Phi) is 2.52. The van der Waals surface area contributed by atoms with E-state index in [1.807, 2.05) is 0 Å². The maximum absolute atomic E-state index is 11.5. The summed E-state index contributed by atoms with van der Waals surface area (Å²) in [5.74, 6) is -5.07. The van der Waals surface area contributed by atoms with Gasteiger partial charge in [0.1, 0.15) is 0 Å². The zero-order valence-electron chi connectivity index (χ0n) is 4.75. The van der Waals surface area contributed by atoms with E-state index in [1.54, 1.807) is 0 Å². The van der Waals surface area contributed by atoms with Gasteiger partial charge in [0, 0.05) is 0 Å². The maximum atomic E-state index is 11.5. The summed E-state index contributed by atoms with van der Waals surface area (Å²) >= 11 is 0. The van der Waals surface area contributed by atoms with Gasteiger partial charge in [-0.15, -0.1) is 0 Å². The summed E-state index contributed by atoms with van der Waals surface area (Å²) in [5.41, 5.74) is 0. The van der Waals surface area contributed by atoms with Gasteiger partial charge in [-0.2, -0.15) is 22.0 Å². The lowest BCUT2D eigenvalue weighted by molar-refractivity contribution is -0.188. The van der Waals surface area contributed by atoms with Crippen LogP contribution in [0.4, 0.5) is 26.3 Å². The molecule has 0 rings (SSSR count). The van der Waals surface area contributed by atoms with E-state index in [1.165, 1.54) is 0 Å². The number of hydrogen-bond acceptors (Lipinski definition) is 1. The fraction of sp³-hybridized carbons (Fsp3) is 0.500. The van der Waals surface area contributed by atoms with Gasteiger partial charge in [0.15, 0.2) is 6.29 Å². The minimum absolute atomic E-state index is 1.41. The lowest BCUT2D eigenvalue weighted by Crippen LogP contribution is -2.35.